The molecule has 0 fully saturated rings. The van der Waals surface area contributed by atoms with E-state index in [9.17, 15) is 55.3 Å². The number of anilines is 4. The second-order valence-corrected chi connectivity index (χ2v) is 14.3. The Balaban J connectivity index is 1.16. The Morgan fingerprint density at radius 1 is 0.463 bits per heavy atom. The lowest BCUT2D eigenvalue weighted by Crippen LogP contribution is -2.29. The van der Waals surface area contributed by atoms with E-state index in [1.54, 1.807) is 24.3 Å². The molecule has 16 nitrogen and oxygen atoms in total. The van der Waals surface area contributed by atoms with Gasteiger partial charge in [-0.3, -0.25) is 28.3 Å². The van der Waals surface area contributed by atoms with Crippen LogP contribution in [0, 0.1) is 0 Å². The highest BCUT2D eigenvalue weighted by Crippen LogP contribution is 2.40. The third kappa shape index (κ3) is 7.66. The maximum atomic E-state index is 13.2. The zero-order chi connectivity index (χ0) is 38.9. The standard InChI is InChI=1S/C36H26N4O12S2/c41-31-25-13-3-1-7-19(25)17-27(53(47,48)49)29(31)39-33(43)21-9-5-11-23(15-21)37-35(45)36(46)38-24-12-6-10-22(16-24)34(44)40-30-28(54(50,51)52)18-20-8-2-4-14-26(20)32(30)42/h1-18,41-42H,(H,37,45)(H,38,46)(H,39,43)(H,40,44)(H,47,48,49)(H,50,51,52). The van der Waals surface area contributed by atoms with Crippen molar-refractivity contribution in [3.8, 4) is 11.5 Å². The van der Waals surface area contributed by atoms with Crippen molar-refractivity contribution in [3.63, 3.8) is 0 Å². The number of hydrogen-bond donors (Lipinski definition) is 8. The van der Waals surface area contributed by atoms with Gasteiger partial charge in [-0.1, -0.05) is 60.7 Å². The van der Waals surface area contributed by atoms with Gasteiger partial charge >= 0.3 is 11.8 Å². The largest absolute Gasteiger partial charge is 0.505 e. The van der Waals surface area contributed by atoms with Crippen LogP contribution in [0.1, 0.15) is 20.7 Å². The fourth-order valence-corrected chi connectivity index (χ4v) is 6.84. The number of phenols is 2. The van der Waals surface area contributed by atoms with Crippen molar-refractivity contribution >= 4 is 88.2 Å². The fraction of sp³-hybridized carbons (Fsp3) is 0. The number of rotatable bonds is 8. The highest BCUT2D eigenvalue weighted by Gasteiger charge is 2.26. The van der Waals surface area contributed by atoms with Crippen LogP contribution < -0.4 is 21.3 Å². The number of hydrogen-bond acceptors (Lipinski definition) is 10. The number of carbonyl (C=O) groups excluding carboxylic acids is 4. The molecule has 18 heteroatoms. The summed E-state index contributed by atoms with van der Waals surface area (Å²) in [5.41, 5.74) is -1.54. The average Bonchev–Trinajstić information content (AvgIpc) is 3.13. The summed E-state index contributed by atoms with van der Waals surface area (Å²) in [5.74, 6) is -5.54. The molecule has 0 atom stereocenters. The second kappa shape index (κ2) is 14.3. The molecule has 54 heavy (non-hydrogen) atoms. The van der Waals surface area contributed by atoms with Crippen LogP contribution in [0.25, 0.3) is 21.5 Å². The minimum absolute atomic E-state index is 0.0431. The average molecular weight is 771 g/mol. The molecular formula is C36H26N4O12S2. The Hall–Kier alpha value is -6.86. The maximum Gasteiger partial charge on any atom is 0.314 e. The Morgan fingerprint density at radius 3 is 1.20 bits per heavy atom. The van der Waals surface area contributed by atoms with Gasteiger partial charge in [0.15, 0.2) is 0 Å². The summed E-state index contributed by atoms with van der Waals surface area (Å²) in [6.07, 6.45) is 0. The zero-order valence-corrected chi connectivity index (χ0v) is 28.9. The minimum atomic E-state index is -4.91. The summed E-state index contributed by atoms with van der Waals surface area (Å²) >= 11 is 0. The summed E-state index contributed by atoms with van der Waals surface area (Å²) in [5, 5.41) is 31.6. The van der Waals surface area contributed by atoms with E-state index in [2.05, 4.69) is 21.3 Å². The molecule has 0 heterocycles. The first-order valence-electron chi connectivity index (χ1n) is 15.4. The molecule has 0 radical (unpaired) electrons. The summed E-state index contributed by atoms with van der Waals surface area (Å²) < 4.78 is 68.0. The summed E-state index contributed by atoms with van der Waals surface area (Å²) in [6.45, 7) is 0. The van der Waals surface area contributed by atoms with Crippen molar-refractivity contribution in [2.24, 2.45) is 0 Å². The van der Waals surface area contributed by atoms with Crippen LogP contribution in [0.15, 0.2) is 119 Å². The van der Waals surface area contributed by atoms with E-state index in [4.69, 9.17) is 0 Å². The molecule has 4 amide bonds. The van der Waals surface area contributed by atoms with Crippen molar-refractivity contribution in [3.05, 3.63) is 120 Å². The van der Waals surface area contributed by atoms with Gasteiger partial charge < -0.3 is 31.5 Å². The van der Waals surface area contributed by atoms with Crippen molar-refractivity contribution in [1.29, 1.82) is 0 Å². The van der Waals surface area contributed by atoms with Crippen LogP contribution >= 0.6 is 0 Å². The summed E-state index contributed by atoms with van der Waals surface area (Å²) in [6, 6.07) is 24.6. The number of nitrogens with one attached hydrogen (secondary N) is 4. The number of carbonyl (C=O) groups is 4. The molecule has 6 aromatic carbocycles. The van der Waals surface area contributed by atoms with Crippen LogP contribution in [0.4, 0.5) is 22.7 Å². The van der Waals surface area contributed by atoms with Crippen LogP contribution in [0.5, 0.6) is 11.5 Å². The first-order chi connectivity index (χ1) is 25.5. The normalized spacial score (nSPS) is 11.5. The SMILES string of the molecule is O=C(Nc1cccc(C(=O)Nc2c(S(=O)(=O)O)cc3ccccc3c2O)c1)C(=O)Nc1cccc(C(=O)Nc2c(S(=O)(=O)O)cc3ccccc3c2O)c1. The molecule has 0 saturated carbocycles. The van der Waals surface area contributed by atoms with E-state index in [1.807, 2.05) is 0 Å². The van der Waals surface area contributed by atoms with Crippen LogP contribution in [-0.4, -0.2) is 59.8 Å². The van der Waals surface area contributed by atoms with Gasteiger partial charge in [0.2, 0.25) is 0 Å². The Kier molecular flexibility index (Phi) is 9.76. The van der Waals surface area contributed by atoms with E-state index in [-0.39, 0.29) is 44.0 Å². The first kappa shape index (κ1) is 36.9. The third-order valence-electron chi connectivity index (χ3n) is 7.98. The zero-order valence-electron chi connectivity index (χ0n) is 27.3. The van der Waals surface area contributed by atoms with E-state index in [1.165, 1.54) is 60.7 Å². The molecule has 6 rings (SSSR count). The van der Waals surface area contributed by atoms with Gasteiger partial charge in [-0.05, 0) is 59.3 Å². The Labute approximate surface area is 305 Å². The molecular weight excluding hydrogens is 745 g/mol. The lowest BCUT2D eigenvalue weighted by Gasteiger charge is -2.14. The predicted octanol–water partition coefficient (Wildman–Crippen LogP) is 4.98. The van der Waals surface area contributed by atoms with Gasteiger partial charge in [0, 0.05) is 33.3 Å². The number of amides is 4. The summed E-state index contributed by atoms with van der Waals surface area (Å²) in [7, 11) is -9.82. The second-order valence-electron chi connectivity index (χ2n) is 11.6. The van der Waals surface area contributed by atoms with Crippen LogP contribution in [0.2, 0.25) is 0 Å². The van der Waals surface area contributed by atoms with Gasteiger partial charge in [-0.25, -0.2) is 0 Å². The molecule has 0 aliphatic rings. The smallest absolute Gasteiger partial charge is 0.314 e. The van der Waals surface area contributed by atoms with E-state index >= 15 is 0 Å². The van der Waals surface area contributed by atoms with E-state index in [0.29, 0.717) is 0 Å². The number of fused-ring (bicyclic) bond motifs is 2. The molecule has 0 aliphatic heterocycles. The third-order valence-corrected chi connectivity index (χ3v) is 9.73. The highest BCUT2D eigenvalue weighted by molar-refractivity contribution is 7.86. The van der Waals surface area contributed by atoms with Crippen LogP contribution in [0.3, 0.4) is 0 Å². The molecule has 6 aromatic rings. The number of aromatic hydroxyl groups is 2. The van der Waals surface area contributed by atoms with Gasteiger partial charge in [0.05, 0.1) is 0 Å². The van der Waals surface area contributed by atoms with Gasteiger partial charge in [0.25, 0.3) is 32.1 Å². The topological polar surface area (TPSA) is 266 Å². The van der Waals surface area contributed by atoms with Crippen molar-refractivity contribution < 1.29 is 55.3 Å². The molecule has 0 spiro atoms. The van der Waals surface area contributed by atoms with Gasteiger partial charge in [-0.15, -0.1) is 0 Å². The molecule has 0 bridgehead atoms. The number of phenolic OH excluding ortho intramolecular Hbond substituents is 2. The Bertz CT molecular complexity index is 2600. The highest BCUT2D eigenvalue weighted by atomic mass is 32.2. The molecule has 0 unspecified atom stereocenters. The van der Waals surface area contributed by atoms with Crippen molar-refractivity contribution in [2.75, 3.05) is 21.3 Å². The van der Waals surface area contributed by atoms with Crippen molar-refractivity contribution in [2.45, 2.75) is 9.79 Å². The Morgan fingerprint density at radius 2 is 0.833 bits per heavy atom. The lowest BCUT2D eigenvalue weighted by atomic mass is 10.1. The molecule has 0 aliphatic carbocycles. The predicted molar refractivity (Wildman–Crippen MR) is 197 cm³/mol. The van der Waals surface area contributed by atoms with E-state index < -0.39 is 76.5 Å². The lowest BCUT2D eigenvalue weighted by molar-refractivity contribution is -0.132. The quantitative estimate of drug-likeness (QED) is 0.0579. The molecule has 0 saturated heterocycles. The van der Waals surface area contributed by atoms with Crippen LogP contribution in [-0.2, 0) is 29.8 Å². The van der Waals surface area contributed by atoms with E-state index in [0.717, 1.165) is 24.3 Å². The maximum absolute atomic E-state index is 13.2. The van der Waals surface area contributed by atoms with Gasteiger partial charge in [-0.2, -0.15) is 16.8 Å². The first-order valence-corrected chi connectivity index (χ1v) is 18.3. The molecule has 0 aromatic heterocycles. The monoisotopic (exact) mass is 770 g/mol. The minimum Gasteiger partial charge on any atom is -0.505 e. The molecule has 274 valence electrons. The number of benzene rings is 6. The van der Waals surface area contributed by atoms with Crippen molar-refractivity contribution in [1.82, 2.24) is 0 Å². The fourth-order valence-electron chi connectivity index (χ4n) is 5.48. The van der Waals surface area contributed by atoms with Gasteiger partial charge in [0.1, 0.15) is 32.7 Å². The summed E-state index contributed by atoms with van der Waals surface area (Å²) in [4.78, 5) is 50.4. The molecule has 8 N–H and O–H groups in total.